The van der Waals surface area contributed by atoms with Gasteiger partial charge >= 0.3 is 0 Å². The number of hydrogen-bond acceptors (Lipinski definition) is 4. The van der Waals surface area contributed by atoms with Crippen molar-refractivity contribution in [3.05, 3.63) is 30.1 Å². The van der Waals surface area contributed by atoms with Gasteiger partial charge in [0.15, 0.2) is 0 Å². The van der Waals surface area contributed by atoms with Crippen LogP contribution in [0.2, 0.25) is 0 Å². The molecule has 1 heterocycles. The van der Waals surface area contributed by atoms with Crippen LogP contribution in [-0.2, 0) is 19.6 Å². The smallest absolute Gasteiger partial charge is 0.242 e. The minimum atomic E-state index is -3.68. The molecule has 0 bridgehead atoms. The molecule has 0 N–H and O–H groups in total. The Hall–Kier alpha value is -1.51. The van der Waals surface area contributed by atoms with E-state index < -0.39 is 15.8 Å². The highest BCUT2D eigenvalue weighted by Crippen LogP contribution is 2.16. The SMILES string of the molecule is CCN(CC1CCCO1)C(=O)CCCN(C)S(=O)(=O)c1ccc(F)cc1. The van der Waals surface area contributed by atoms with Crippen molar-refractivity contribution in [3.63, 3.8) is 0 Å². The van der Waals surface area contributed by atoms with E-state index >= 15 is 0 Å². The van der Waals surface area contributed by atoms with Crippen LogP contribution < -0.4 is 0 Å². The number of carbonyl (C=O) groups is 1. The third-order valence-corrected chi connectivity index (χ3v) is 6.44. The topological polar surface area (TPSA) is 66.9 Å². The third kappa shape index (κ3) is 5.49. The van der Waals surface area contributed by atoms with Crippen LogP contribution >= 0.6 is 0 Å². The highest BCUT2D eigenvalue weighted by Gasteiger charge is 2.23. The van der Waals surface area contributed by atoms with Gasteiger partial charge in [-0.05, 0) is 50.5 Å². The van der Waals surface area contributed by atoms with Crippen molar-refractivity contribution in [1.29, 1.82) is 0 Å². The van der Waals surface area contributed by atoms with Gasteiger partial charge in [0, 0.05) is 39.7 Å². The molecule has 0 spiro atoms. The molecule has 1 fully saturated rings. The summed E-state index contributed by atoms with van der Waals surface area (Å²) in [5, 5.41) is 0. The summed E-state index contributed by atoms with van der Waals surface area (Å²) < 4.78 is 44.6. The first-order chi connectivity index (χ1) is 12.3. The van der Waals surface area contributed by atoms with Gasteiger partial charge in [-0.25, -0.2) is 17.1 Å². The number of likely N-dealkylation sites (N-methyl/N-ethyl adjacent to an activating group) is 1. The summed E-state index contributed by atoms with van der Waals surface area (Å²) in [7, 11) is -2.21. The maximum atomic E-state index is 13.0. The van der Waals surface area contributed by atoms with Crippen LogP contribution in [0.3, 0.4) is 0 Å². The largest absolute Gasteiger partial charge is 0.376 e. The van der Waals surface area contributed by atoms with Gasteiger partial charge in [-0.3, -0.25) is 4.79 Å². The van der Waals surface area contributed by atoms with E-state index in [4.69, 9.17) is 4.74 Å². The molecular weight excluding hydrogens is 359 g/mol. The molecule has 1 amide bonds. The highest BCUT2D eigenvalue weighted by atomic mass is 32.2. The monoisotopic (exact) mass is 386 g/mol. The van der Waals surface area contributed by atoms with E-state index in [-0.39, 0.29) is 29.9 Å². The molecular formula is C18H27FN2O4S. The van der Waals surface area contributed by atoms with Crippen molar-refractivity contribution < 1.29 is 22.3 Å². The molecule has 6 nitrogen and oxygen atoms in total. The molecule has 0 aliphatic carbocycles. The van der Waals surface area contributed by atoms with Gasteiger partial charge in [0.25, 0.3) is 0 Å². The Morgan fingerprint density at radius 2 is 2.00 bits per heavy atom. The van der Waals surface area contributed by atoms with Crippen molar-refractivity contribution in [2.24, 2.45) is 0 Å². The summed E-state index contributed by atoms with van der Waals surface area (Å²) in [6, 6.07) is 4.72. The number of sulfonamides is 1. The zero-order valence-corrected chi connectivity index (χ0v) is 16.2. The Morgan fingerprint density at radius 3 is 2.58 bits per heavy atom. The fraction of sp³-hybridized carbons (Fsp3) is 0.611. The standard InChI is InChI=1S/C18H27FN2O4S/c1-3-21(14-16-6-5-13-25-16)18(22)7-4-12-20(2)26(23,24)17-10-8-15(19)9-11-17/h8-11,16H,3-7,12-14H2,1-2H3. The highest BCUT2D eigenvalue weighted by molar-refractivity contribution is 7.89. The lowest BCUT2D eigenvalue weighted by molar-refractivity contribution is -0.132. The van der Waals surface area contributed by atoms with Crippen LogP contribution in [0.25, 0.3) is 0 Å². The number of benzene rings is 1. The minimum absolute atomic E-state index is 0.00980. The first kappa shape index (κ1) is 20.8. The van der Waals surface area contributed by atoms with E-state index in [1.165, 1.54) is 23.5 Å². The van der Waals surface area contributed by atoms with Crippen LogP contribution in [0, 0.1) is 5.82 Å². The second-order valence-electron chi connectivity index (χ2n) is 6.45. The van der Waals surface area contributed by atoms with E-state index in [9.17, 15) is 17.6 Å². The molecule has 1 aliphatic heterocycles. The third-order valence-electron chi connectivity index (χ3n) is 4.57. The van der Waals surface area contributed by atoms with Crippen molar-refractivity contribution in [2.75, 3.05) is 33.3 Å². The van der Waals surface area contributed by atoms with Crippen LogP contribution in [-0.4, -0.2) is 62.9 Å². The molecule has 0 radical (unpaired) electrons. The van der Waals surface area contributed by atoms with Crippen LogP contribution in [0.15, 0.2) is 29.2 Å². The van der Waals surface area contributed by atoms with Gasteiger partial charge in [0.2, 0.25) is 15.9 Å². The average Bonchev–Trinajstić information content (AvgIpc) is 3.12. The molecule has 146 valence electrons. The first-order valence-electron chi connectivity index (χ1n) is 8.96. The maximum absolute atomic E-state index is 13.0. The van der Waals surface area contributed by atoms with Crippen LogP contribution in [0.4, 0.5) is 4.39 Å². The van der Waals surface area contributed by atoms with E-state index in [1.54, 1.807) is 4.90 Å². The average molecular weight is 386 g/mol. The van der Waals surface area contributed by atoms with Gasteiger partial charge in [-0.2, -0.15) is 0 Å². The summed E-state index contributed by atoms with van der Waals surface area (Å²) in [5.41, 5.74) is 0. The molecule has 8 heteroatoms. The first-order valence-corrected chi connectivity index (χ1v) is 10.4. The Balaban J connectivity index is 1.83. The van der Waals surface area contributed by atoms with Crippen LogP contribution in [0.5, 0.6) is 0 Å². The molecule has 2 rings (SSSR count). The lowest BCUT2D eigenvalue weighted by Gasteiger charge is -2.24. The summed E-state index contributed by atoms with van der Waals surface area (Å²) in [6.45, 7) is 4.12. The molecule has 1 saturated heterocycles. The number of halogens is 1. The Labute approximate surface area is 155 Å². The van der Waals surface area contributed by atoms with E-state index in [0.29, 0.717) is 19.5 Å². The van der Waals surface area contributed by atoms with Crippen molar-refractivity contribution in [3.8, 4) is 0 Å². The van der Waals surface area contributed by atoms with Crippen LogP contribution in [0.1, 0.15) is 32.6 Å². The number of ether oxygens (including phenoxy) is 1. The summed E-state index contributed by atoms with van der Waals surface area (Å²) >= 11 is 0. The molecule has 1 aromatic carbocycles. The van der Waals surface area contributed by atoms with Gasteiger partial charge in [0.05, 0.1) is 11.0 Å². The molecule has 1 aliphatic rings. The second kappa shape index (κ2) is 9.43. The predicted octanol–water partition coefficient (Wildman–Crippen LogP) is 2.25. The van der Waals surface area contributed by atoms with Crippen molar-refractivity contribution in [1.82, 2.24) is 9.21 Å². The Bertz CT molecular complexity index is 688. The number of rotatable bonds is 9. The number of nitrogens with zero attached hydrogens (tertiary/aromatic N) is 2. The van der Waals surface area contributed by atoms with E-state index in [1.807, 2.05) is 6.92 Å². The fourth-order valence-corrected chi connectivity index (χ4v) is 4.17. The molecule has 1 aromatic rings. The summed E-state index contributed by atoms with van der Waals surface area (Å²) in [4.78, 5) is 14.2. The second-order valence-corrected chi connectivity index (χ2v) is 8.50. The molecule has 0 aromatic heterocycles. The quantitative estimate of drug-likeness (QED) is 0.653. The zero-order valence-electron chi connectivity index (χ0n) is 15.4. The molecule has 26 heavy (non-hydrogen) atoms. The van der Waals surface area contributed by atoms with Gasteiger partial charge in [-0.1, -0.05) is 0 Å². The predicted molar refractivity (Wildman–Crippen MR) is 96.7 cm³/mol. The van der Waals surface area contributed by atoms with Crippen molar-refractivity contribution in [2.45, 2.75) is 43.6 Å². The molecule has 0 saturated carbocycles. The number of amides is 1. The Kier molecular flexibility index (Phi) is 7.55. The number of hydrogen-bond donors (Lipinski definition) is 0. The van der Waals surface area contributed by atoms with Crippen molar-refractivity contribution >= 4 is 15.9 Å². The lowest BCUT2D eigenvalue weighted by Crippen LogP contribution is -2.37. The van der Waals surface area contributed by atoms with Gasteiger partial charge in [0.1, 0.15) is 5.82 Å². The molecule has 1 atom stereocenters. The van der Waals surface area contributed by atoms with Gasteiger partial charge < -0.3 is 9.64 Å². The lowest BCUT2D eigenvalue weighted by atomic mass is 10.2. The Morgan fingerprint density at radius 1 is 1.31 bits per heavy atom. The summed E-state index contributed by atoms with van der Waals surface area (Å²) in [5.74, 6) is -0.473. The van der Waals surface area contributed by atoms with E-state index in [2.05, 4.69) is 0 Å². The minimum Gasteiger partial charge on any atom is -0.376 e. The summed E-state index contributed by atoms with van der Waals surface area (Å²) in [6.07, 6.45) is 2.83. The van der Waals surface area contributed by atoms with E-state index in [0.717, 1.165) is 31.6 Å². The molecule has 1 unspecified atom stereocenters. The fourth-order valence-electron chi connectivity index (χ4n) is 2.96. The van der Waals surface area contributed by atoms with Gasteiger partial charge in [-0.15, -0.1) is 0 Å². The normalized spacial score (nSPS) is 17.6. The maximum Gasteiger partial charge on any atom is 0.242 e. The zero-order chi connectivity index (χ0) is 19.2. The number of carbonyl (C=O) groups excluding carboxylic acids is 1.